The maximum atomic E-state index is 8.62. The van der Waals surface area contributed by atoms with E-state index in [0.29, 0.717) is 10.7 Å². The molecular formula is C12H7ClN2. The van der Waals surface area contributed by atoms with Crippen molar-refractivity contribution in [3.63, 3.8) is 0 Å². The Morgan fingerprint density at radius 1 is 1.13 bits per heavy atom. The van der Waals surface area contributed by atoms with Gasteiger partial charge in [-0.2, -0.15) is 5.26 Å². The minimum absolute atomic E-state index is 0.408. The van der Waals surface area contributed by atoms with E-state index in [1.807, 2.05) is 36.4 Å². The minimum atomic E-state index is 0.408. The molecule has 2 rings (SSSR count). The molecule has 0 atom stereocenters. The van der Waals surface area contributed by atoms with Gasteiger partial charge in [-0.05, 0) is 18.2 Å². The van der Waals surface area contributed by atoms with Gasteiger partial charge in [0.25, 0.3) is 0 Å². The lowest BCUT2D eigenvalue weighted by molar-refractivity contribution is 1.26. The molecule has 0 amide bonds. The average Bonchev–Trinajstić information content (AvgIpc) is 2.30. The first-order valence-electron chi connectivity index (χ1n) is 4.42. The van der Waals surface area contributed by atoms with E-state index in [1.54, 1.807) is 12.3 Å². The first kappa shape index (κ1) is 9.70. The molecule has 2 nitrogen and oxygen atoms in total. The van der Waals surface area contributed by atoms with Crippen molar-refractivity contribution >= 4 is 11.6 Å². The standard InChI is InChI=1S/C12H7ClN2/c13-12-4-2-1-3-11(12)9-5-6-10(7-14)15-8-9/h1-6,8H. The number of nitriles is 1. The number of benzene rings is 1. The van der Waals surface area contributed by atoms with E-state index in [2.05, 4.69) is 4.98 Å². The maximum Gasteiger partial charge on any atom is 0.140 e. The molecule has 0 radical (unpaired) electrons. The van der Waals surface area contributed by atoms with Gasteiger partial charge in [0.05, 0.1) is 0 Å². The minimum Gasteiger partial charge on any atom is -0.245 e. The van der Waals surface area contributed by atoms with Crippen molar-refractivity contribution in [3.8, 4) is 17.2 Å². The van der Waals surface area contributed by atoms with Gasteiger partial charge in [0.15, 0.2) is 0 Å². The Bertz CT molecular complexity index is 512. The second-order valence-corrected chi connectivity index (χ2v) is 3.43. The highest BCUT2D eigenvalue weighted by Gasteiger charge is 2.02. The monoisotopic (exact) mass is 214 g/mol. The summed E-state index contributed by atoms with van der Waals surface area (Å²) in [5, 5.41) is 9.30. The second kappa shape index (κ2) is 4.12. The lowest BCUT2D eigenvalue weighted by Crippen LogP contribution is -1.84. The Hall–Kier alpha value is -1.85. The molecule has 0 saturated heterocycles. The topological polar surface area (TPSA) is 36.7 Å². The molecule has 0 N–H and O–H groups in total. The van der Waals surface area contributed by atoms with Crippen LogP contribution in [0.2, 0.25) is 5.02 Å². The number of nitrogens with zero attached hydrogens (tertiary/aromatic N) is 2. The number of hydrogen-bond donors (Lipinski definition) is 0. The van der Waals surface area contributed by atoms with Crippen molar-refractivity contribution in [2.24, 2.45) is 0 Å². The van der Waals surface area contributed by atoms with Gasteiger partial charge < -0.3 is 0 Å². The van der Waals surface area contributed by atoms with Gasteiger partial charge in [0.2, 0.25) is 0 Å². The zero-order valence-corrected chi connectivity index (χ0v) is 8.57. The number of pyridine rings is 1. The van der Waals surface area contributed by atoms with Crippen LogP contribution in [0.3, 0.4) is 0 Å². The van der Waals surface area contributed by atoms with Gasteiger partial charge in [-0.3, -0.25) is 0 Å². The van der Waals surface area contributed by atoms with Crippen LogP contribution in [0, 0.1) is 11.3 Å². The third-order valence-corrected chi connectivity index (χ3v) is 2.39. The van der Waals surface area contributed by atoms with Gasteiger partial charge in [-0.25, -0.2) is 4.98 Å². The predicted octanol–water partition coefficient (Wildman–Crippen LogP) is 3.27. The molecule has 0 saturated carbocycles. The summed E-state index contributed by atoms with van der Waals surface area (Å²) in [4.78, 5) is 3.99. The summed E-state index contributed by atoms with van der Waals surface area (Å²) in [6.07, 6.45) is 1.65. The summed E-state index contributed by atoms with van der Waals surface area (Å²) in [6, 6.07) is 13.0. The lowest BCUT2D eigenvalue weighted by Gasteiger charge is -2.02. The van der Waals surface area contributed by atoms with Crippen LogP contribution >= 0.6 is 11.6 Å². The Morgan fingerprint density at radius 3 is 2.53 bits per heavy atom. The van der Waals surface area contributed by atoms with E-state index in [9.17, 15) is 0 Å². The van der Waals surface area contributed by atoms with Crippen LogP contribution in [0.5, 0.6) is 0 Å². The maximum absolute atomic E-state index is 8.62. The molecule has 0 spiro atoms. The van der Waals surface area contributed by atoms with Crippen LogP contribution in [-0.4, -0.2) is 4.98 Å². The Balaban J connectivity index is 2.47. The highest BCUT2D eigenvalue weighted by Crippen LogP contribution is 2.26. The van der Waals surface area contributed by atoms with Crippen LogP contribution in [0.4, 0.5) is 0 Å². The van der Waals surface area contributed by atoms with Crippen LogP contribution in [0.15, 0.2) is 42.6 Å². The van der Waals surface area contributed by atoms with Crippen LogP contribution in [0.1, 0.15) is 5.69 Å². The van der Waals surface area contributed by atoms with E-state index in [1.165, 1.54) is 0 Å². The zero-order valence-electron chi connectivity index (χ0n) is 7.81. The molecule has 0 aliphatic heterocycles. The molecule has 3 heteroatoms. The predicted molar refractivity (Wildman–Crippen MR) is 59.4 cm³/mol. The summed E-state index contributed by atoms with van der Waals surface area (Å²) >= 11 is 6.04. The summed E-state index contributed by atoms with van der Waals surface area (Å²) in [5.41, 5.74) is 2.25. The van der Waals surface area contributed by atoms with Crippen LogP contribution in [-0.2, 0) is 0 Å². The van der Waals surface area contributed by atoms with Crippen LogP contribution < -0.4 is 0 Å². The van der Waals surface area contributed by atoms with E-state index in [-0.39, 0.29) is 0 Å². The molecular weight excluding hydrogens is 208 g/mol. The first-order chi connectivity index (χ1) is 7.31. The molecule has 0 bridgehead atoms. The van der Waals surface area contributed by atoms with Crippen LogP contribution in [0.25, 0.3) is 11.1 Å². The third kappa shape index (κ3) is 1.98. The largest absolute Gasteiger partial charge is 0.245 e. The van der Waals surface area contributed by atoms with Gasteiger partial charge in [-0.15, -0.1) is 0 Å². The van der Waals surface area contributed by atoms with Crippen molar-refractivity contribution in [2.75, 3.05) is 0 Å². The number of hydrogen-bond acceptors (Lipinski definition) is 2. The van der Waals surface area contributed by atoms with Crippen molar-refractivity contribution in [2.45, 2.75) is 0 Å². The normalized spacial score (nSPS) is 9.60. The van der Waals surface area contributed by atoms with Crippen molar-refractivity contribution < 1.29 is 0 Å². The van der Waals surface area contributed by atoms with Gasteiger partial charge in [0, 0.05) is 22.3 Å². The van der Waals surface area contributed by atoms with Crippen molar-refractivity contribution in [3.05, 3.63) is 53.3 Å². The summed E-state index contributed by atoms with van der Waals surface area (Å²) < 4.78 is 0. The van der Waals surface area contributed by atoms with E-state index >= 15 is 0 Å². The quantitative estimate of drug-likeness (QED) is 0.731. The van der Waals surface area contributed by atoms with E-state index < -0.39 is 0 Å². The van der Waals surface area contributed by atoms with Gasteiger partial charge >= 0.3 is 0 Å². The fourth-order valence-electron chi connectivity index (χ4n) is 1.31. The third-order valence-electron chi connectivity index (χ3n) is 2.06. The van der Waals surface area contributed by atoms with Gasteiger partial charge in [-0.1, -0.05) is 29.8 Å². The molecule has 1 aromatic carbocycles. The molecule has 2 aromatic rings. The molecule has 0 aliphatic rings. The second-order valence-electron chi connectivity index (χ2n) is 3.02. The first-order valence-corrected chi connectivity index (χ1v) is 4.80. The molecule has 15 heavy (non-hydrogen) atoms. The highest BCUT2D eigenvalue weighted by atomic mass is 35.5. The molecule has 0 unspecified atom stereocenters. The number of halogens is 1. The Kier molecular flexibility index (Phi) is 2.66. The average molecular weight is 215 g/mol. The Morgan fingerprint density at radius 2 is 1.93 bits per heavy atom. The molecule has 0 fully saturated rings. The highest BCUT2D eigenvalue weighted by molar-refractivity contribution is 6.33. The molecule has 0 aliphatic carbocycles. The number of aromatic nitrogens is 1. The SMILES string of the molecule is N#Cc1ccc(-c2ccccc2Cl)cn1. The molecule has 1 heterocycles. The summed E-state index contributed by atoms with van der Waals surface area (Å²) in [7, 11) is 0. The van der Waals surface area contributed by atoms with Crippen molar-refractivity contribution in [1.29, 1.82) is 5.26 Å². The number of rotatable bonds is 1. The molecule has 1 aromatic heterocycles. The zero-order chi connectivity index (χ0) is 10.7. The molecule has 72 valence electrons. The van der Waals surface area contributed by atoms with Crippen molar-refractivity contribution in [1.82, 2.24) is 4.98 Å². The van der Waals surface area contributed by atoms with Gasteiger partial charge in [0.1, 0.15) is 11.8 Å². The fraction of sp³-hybridized carbons (Fsp3) is 0. The summed E-state index contributed by atoms with van der Waals surface area (Å²) in [5.74, 6) is 0. The van der Waals surface area contributed by atoms with E-state index in [4.69, 9.17) is 16.9 Å². The fourth-order valence-corrected chi connectivity index (χ4v) is 1.56. The smallest absolute Gasteiger partial charge is 0.140 e. The Labute approximate surface area is 92.8 Å². The van der Waals surface area contributed by atoms with E-state index in [0.717, 1.165) is 11.1 Å². The lowest BCUT2D eigenvalue weighted by atomic mass is 10.1. The summed E-state index contributed by atoms with van der Waals surface area (Å²) in [6.45, 7) is 0.